The summed E-state index contributed by atoms with van der Waals surface area (Å²) in [7, 11) is 0. The maximum atomic E-state index is 12.6. The van der Waals surface area contributed by atoms with Crippen LogP contribution in [-0.2, 0) is 4.79 Å². The number of carbonyl (C=O) groups excluding carboxylic acids is 2. The van der Waals surface area contributed by atoms with Gasteiger partial charge in [0.25, 0.3) is 5.91 Å². The average Bonchev–Trinajstić information content (AvgIpc) is 3.01. The van der Waals surface area contributed by atoms with E-state index in [1.807, 2.05) is 19.9 Å². The van der Waals surface area contributed by atoms with E-state index in [0.717, 1.165) is 17.7 Å². The molecule has 5 nitrogen and oxygen atoms in total. The highest BCUT2D eigenvalue weighted by atomic mass is 16.2. The summed E-state index contributed by atoms with van der Waals surface area (Å²) in [6.07, 6.45) is 5.87. The van der Waals surface area contributed by atoms with Crippen molar-refractivity contribution in [2.45, 2.75) is 58.0 Å². The second-order valence-corrected chi connectivity index (χ2v) is 6.98. The summed E-state index contributed by atoms with van der Waals surface area (Å²) in [6, 6.07) is 5.81. The first-order valence-corrected chi connectivity index (χ1v) is 9.04. The summed E-state index contributed by atoms with van der Waals surface area (Å²) < 4.78 is 0. The van der Waals surface area contributed by atoms with E-state index in [0.29, 0.717) is 24.1 Å². The van der Waals surface area contributed by atoms with Crippen LogP contribution in [0.5, 0.6) is 0 Å². The molecule has 3 rings (SSSR count). The number of anilines is 1. The fourth-order valence-electron chi connectivity index (χ4n) is 3.90. The monoisotopic (exact) mass is 329 g/mol. The van der Waals surface area contributed by atoms with Gasteiger partial charge >= 0.3 is 0 Å². The Bertz CT molecular complexity index is 615. The van der Waals surface area contributed by atoms with Gasteiger partial charge in [-0.15, -0.1) is 0 Å². The number of carbonyl (C=O) groups is 2. The zero-order valence-electron chi connectivity index (χ0n) is 14.5. The minimum atomic E-state index is -0.120. The summed E-state index contributed by atoms with van der Waals surface area (Å²) in [5.41, 5.74) is 2.26. The van der Waals surface area contributed by atoms with Crippen molar-refractivity contribution in [2.75, 3.05) is 11.9 Å². The molecule has 5 heteroatoms. The van der Waals surface area contributed by atoms with Crippen LogP contribution in [-0.4, -0.2) is 30.4 Å². The van der Waals surface area contributed by atoms with Gasteiger partial charge in [0.2, 0.25) is 5.91 Å². The minimum absolute atomic E-state index is 0.0144. The molecular weight excluding hydrogens is 302 g/mol. The normalized spacial score (nSPS) is 25.8. The van der Waals surface area contributed by atoms with Crippen LogP contribution in [0.1, 0.15) is 54.9 Å². The molecule has 1 saturated heterocycles. The molecule has 3 unspecified atom stereocenters. The molecule has 0 bridgehead atoms. The van der Waals surface area contributed by atoms with E-state index >= 15 is 0 Å². The molecule has 130 valence electrons. The molecule has 1 aliphatic heterocycles. The molecular formula is C19H27N3O2. The van der Waals surface area contributed by atoms with Crippen LogP contribution in [0.25, 0.3) is 0 Å². The summed E-state index contributed by atoms with van der Waals surface area (Å²) in [5.74, 6) is 0.538. The van der Waals surface area contributed by atoms with Crippen molar-refractivity contribution in [2.24, 2.45) is 5.92 Å². The highest BCUT2D eigenvalue weighted by molar-refractivity contribution is 5.99. The molecule has 1 aromatic carbocycles. The topological polar surface area (TPSA) is 70.2 Å². The lowest BCUT2D eigenvalue weighted by molar-refractivity contribution is -0.117. The summed E-state index contributed by atoms with van der Waals surface area (Å²) in [6.45, 7) is 4.42. The smallest absolute Gasteiger partial charge is 0.251 e. The molecule has 0 radical (unpaired) electrons. The van der Waals surface area contributed by atoms with Gasteiger partial charge in [-0.3, -0.25) is 9.59 Å². The predicted molar refractivity (Wildman–Crippen MR) is 95.1 cm³/mol. The van der Waals surface area contributed by atoms with Gasteiger partial charge in [-0.1, -0.05) is 18.9 Å². The van der Waals surface area contributed by atoms with Crippen LogP contribution >= 0.6 is 0 Å². The van der Waals surface area contributed by atoms with E-state index in [9.17, 15) is 9.59 Å². The molecule has 0 aromatic heterocycles. The standard InChI is InChI=1S/C19H27N3O2/c1-3-20-18(23)14-9-8-12(2)16(11-14)22-19(24)17-10-13-6-4-5-7-15(13)21-17/h8-9,11,13,15,17,21H,3-7,10H2,1-2H3,(H,20,23)(H,22,24). The second-order valence-electron chi connectivity index (χ2n) is 6.98. The van der Waals surface area contributed by atoms with Gasteiger partial charge in [-0.05, 0) is 56.7 Å². The predicted octanol–water partition coefficient (Wildman–Crippen LogP) is 2.60. The van der Waals surface area contributed by atoms with E-state index in [-0.39, 0.29) is 17.9 Å². The number of nitrogens with one attached hydrogen (secondary N) is 3. The fraction of sp³-hybridized carbons (Fsp3) is 0.579. The lowest BCUT2D eigenvalue weighted by Crippen LogP contribution is -2.40. The number of benzene rings is 1. The molecule has 3 atom stereocenters. The summed E-state index contributed by atoms with van der Waals surface area (Å²) >= 11 is 0. The quantitative estimate of drug-likeness (QED) is 0.795. The Kier molecular flexibility index (Phi) is 5.19. The van der Waals surface area contributed by atoms with Gasteiger partial charge in [-0.25, -0.2) is 0 Å². The Labute approximate surface area is 143 Å². The van der Waals surface area contributed by atoms with Gasteiger partial charge in [0, 0.05) is 23.8 Å². The van der Waals surface area contributed by atoms with Gasteiger partial charge < -0.3 is 16.0 Å². The zero-order chi connectivity index (χ0) is 17.1. The van der Waals surface area contributed by atoms with E-state index in [1.54, 1.807) is 12.1 Å². The molecule has 2 amide bonds. The maximum Gasteiger partial charge on any atom is 0.251 e. The number of aryl methyl sites for hydroxylation is 1. The van der Waals surface area contributed by atoms with Crippen molar-refractivity contribution in [1.29, 1.82) is 0 Å². The molecule has 0 spiro atoms. The van der Waals surface area contributed by atoms with Gasteiger partial charge in [-0.2, -0.15) is 0 Å². The van der Waals surface area contributed by atoms with Crippen molar-refractivity contribution >= 4 is 17.5 Å². The van der Waals surface area contributed by atoms with E-state index in [2.05, 4.69) is 16.0 Å². The molecule has 1 heterocycles. The highest BCUT2D eigenvalue weighted by Crippen LogP contribution is 2.33. The van der Waals surface area contributed by atoms with E-state index < -0.39 is 0 Å². The Morgan fingerprint density at radius 3 is 2.79 bits per heavy atom. The first kappa shape index (κ1) is 17.0. The molecule has 1 aliphatic carbocycles. The second kappa shape index (κ2) is 7.34. The zero-order valence-corrected chi connectivity index (χ0v) is 14.5. The Morgan fingerprint density at radius 2 is 2.04 bits per heavy atom. The first-order chi connectivity index (χ1) is 11.6. The lowest BCUT2D eigenvalue weighted by atomic mass is 9.85. The third-order valence-electron chi connectivity index (χ3n) is 5.27. The van der Waals surface area contributed by atoms with Crippen molar-refractivity contribution < 1.29 is 9.59 Å². The van der Waals surface area contributed by atoms with Crippen LogP contribution in [0.4, 0.5) is 5.69 Å². The van der Waals surface area contributed by atoms with Crippen LogP contribution in [0.2, 0.25) is 0 Å². The van der Waals surface area contributed by atoms with Crippen molar-refractivity contribution in [3.8, 4) is 0 Å². The third kappa shape index (κ3) is 3.61. The third-order valence-corrected chi connectivity index (χ3v) is 5.27. The van der Waals surface area contributed by atoms with Crippen molar-refractivity contribution in [1.82, 2.24) is 10.6 Å². The first-order valence-electron chi connectivity index (χ1n) is 9.04. The minimum Gasteiger partial charge on any atom is -0.352 e. The van der Waals surface area contributed by atoms with Crippen molar-refractivity contribution in [3.63, 3.8) is 0 Å². The largest absolute Gasteiger partial charge is 0.352 e. The van der Waals surface area contributed by atoms with Gasteiger partial charge in [0.1, 0.15) is 0 Å². The number of fused-ring (bicyclic) bond motifs is 1. The van der Waals surface area contributed by atoms with Crippen LogP contribution < -0.4 is 16.0 Å². The average molecular weight is 329 g/mol. The molecule has 2 aliphatic rings. The van der Waals surface area contributed by atoms with Crippen LogP contribution in [0.15, 0.2) is 18.2 Å². The Balaban J connectivity index is 1.68. The molecule has 24 heavy (non-hydrogen) atoms. The van der Waals surface area contributed by atoms with Crippen molar-refractivity contribution in [3.05, 3.63) is 29.3 Å². The maximum absolute atomic E-state index is 12.6. The van der Waals surface area contributed by atoms with E-state index in [4.69, 9.17) is 0 Å². The molecule has 2 fully saturated rings. The van der Waals surface area contributed by atoms with Crippen LogP contribution in [0, 0.1) is 12.8 Å². The number of hydrogen-bond acceptors (Lipinski definition) is 3. The highest BCUT2D eigenvalue weighted by Gasteiger charge is 2.38. The summed E-state index contributed by atoms with van der Waals surface area (Å²) in [4.78, 5) is 24.6. The number of rotatable bonds is 4. The fourth-order valence-corrected chi connectivity index (χ4v) is 3.90. The number of hydrogen-bond donors (Lipinski definition) is 3. The molecule has 3 N–H and O–H groups in total. The Morgan fingerprint density at radius 1 is 1.25 bits per heavy atom. The molecule has 1 saturated carbocycles. The SMILES string of the molecule is CCNC(=O)c1ccc(C)c(NC(=O)C2CC3CCCCC3N2)c1. The lowest BCUT2D eigenvalue weighted by Gasteiger charge is -2.24. The summed E-state index contributed by atoms with van der Waals surface area (Å²) in [5, 5.41) is 9.30. The van der Waals surface area contributed by atoms with Gasteiger partial charge in [0.05, 0.1) is 6.04 Å². The number of amides is 2. The van der Waals surface area contributed by atoms with E-state index in [1.165, 1.54) is 25.7 Å². The molecule has 1 aromatic rings. The Hall–Kier alpha value is -1.88. The van der Waals surface area contributed by atoms with Gasteiger partial charge in [0.15, 0.2) is 0 Å². The van der Waals surface area contributed by atoms with Crippen LogP contribution in [0.3, 0.4) is 0 Å².